The molecule has 0 radical (unpaired) electrons. The second-order valence-corrected chi connectivity index (χ2v) is 4.61. The fraction of sp³-hybridized carbons (Fsp3) is 0.909. The molecule has 1 aliphatic rings. The highest BCUT2D eigenvalue weighted by atomic mass is 35.5. The smallest absolute Gasteiger partial charge is 0.216 e. The topological polar surface area (TPSA) is 55.1 Å². The van der Waals surface area contributed by atoms with Gasteiger partial charge in [-0.2, -0.15) is 0 Å². The van der Waals surface area contributed by atoms with E-state index in [1.165, 1.54) is 19.3 Å². The first-order valence-corrected chi connectivity index (χ1v) is 5.58. The second kappa shape index (κ2) is 6.33. The first-order valence-electron chi connectivity index (χ1n) is 5.58. The lowest BCUT2D eigenvalue weighted by atomic mass is 9.72. The first-order chi connectivity index (χ1) is 6.54. The average molecular weight is 235 g/mol. The van der Waals surface area contributed by atoms with Crippen LogP contribution in [0.1, 0.15) is 46.0 Å². The molecule has 3 nitrogen and oxygen atoms in total. The summed E-state index contributed by atoms with van der Waals surface area (Å²) in [6.45, 7) is 4.50. The summed E-state index contributed by atoms with van der Waals surface area (Å²) in [7, 11) is 0. The number of hydrogen-bond donors (Lipinski definition) is 2. The van der Waals surface area contributed by atoms with Crippen LogP contribution in [0.25, 0.3) is 0 Å². The van der Waals surface area contributed by atoms with E-state index in [4.69, 9.17) is 5.73 Å². The molecule has 0 heterocycles. The van der Waals surface area contributed by atoms with Gasteiger partial charge < -0.3 is 11.1 Å². The highest BCUT2D eigenvalue weighted by Gasteiger charge is 2.33. The molecular formula is C11H23ClN2O. The lowest BCUT2D eigenvalue weighted by molar-refractivity contribution is -0.119. The zero-order chi connectivity index (χ0) is 10.6. The summed E-state index contributed by atoms with van der Waals surface area (Å²) in [5, 5.41) is 2.82. The summed E-state index contributed by atoms with van der Waals surface area (Å²) in [4.78, 5) is 10.7. The van der Waals surface area contributed by atoms with Crippen LogP contribution in [0, 0.1) is 5.92 Å². The summed E-state index contributed by atoms with van der Waals surface area (Å²) in [5.74, 6) is 0.627. The fourth-order valence-corrected chi connectivity index (χ4v) is 2.28. The van der Waals surface area contributed by atoms with Gasteiger partial charge in [-0.3, -0.25) is 4.79 Å². The van der Waals surface area contributed by atoms with Crippen LogP contribution < -0.4 is 11.1 Å². The Morgan fingerprint density at radius 1 is 1.53 bits per heavy atom. The maximum Gasteiger partial charge on any atom is 0.216 e. The van der Waals surface area contributed by atoms with Gasteiger partial charge in [-0.25, -0.2) is 0 Å². The number of carbonyl (C=O) groups excluding carboxylic acids is 1. The van der Waals surface area contributed by atoms with Gasteiger partial charge in [0.15, 0.2) is 0 Å². The monoisotopic (exact) mass is 234 g/mol. The maximum absolute atomic E-state index is 10.7. The van der Waals surface area contributed by atoms with Gasteiger partial charge in [0.2, 0.25) is 5.91 Å². The number of halogens is 1. The molecule has 0 aromatic rings. The van der Waals surface area contributed by atoms with Crippen molar-refractivity contribution in [3.05, 3.63) is 0 Å². The Morgan fingerprint density at radius 2 is 2.20 bits per heavy atom. The van der Waals surface area contributed by atoms with E-state index in [0.29, 0.717) is 5.92 Å². The molecule has 3 N–H and O–H groups in total. The van der Waals surface area contributed by atoms with Gasteiger partial charge in [0.05, 0.1) is 0 Å². The van der Waals surface area contributed by atoms with Gasteiger partial charge in [0, 0.05) is 19.0 Å². The summed E-state index contributed by atoms with van der Waals surface area (Å²) in [6.07, 6.45) is 5.79. The third-order valence-electron chi connectivity index (χ3n) is 3.48. The lowest BCUT2D eigenvalue weighted by Crippen LogP contribution is -2.50. The number of nitrogens with two attached hydrogens (primary N) is 1. The van der Waals surface area contributed by atoms with Gasteiger partial charge in [-0.05, 0) is 25.2 Å². The second-order valence-electron chi connectivity index (χ2n) is 4.61. The van der Waals surface area contributed by atoms with Crippen LogP contribution in [0.2, 0.25) is 0 Å². The number of rotatable bonds is 3. The van der Waals surface area contributed by atoms with E-state index in [1.807, 2.05) is 0 Å². The van der Waals surface area contributed by atoms with Crippen molar-refractivity contribution in [3.8, 4) is 0 Å². The summed E-state index contributed by atoms with van der Waals surface area (Å²) in [5.41, 5.74) is 6.30. The van der Waals surface area contributed by atoms with Gasteiger partial charge in [-0.15, -0.1) is 12.4 Å². The molecule has 0 bridgehead atoms. The molecule has 1 rings (SSSR count). The van der Waals surface area contributed by atoms with Crippen LogP contribution in [-0.4, -0.2) is 18.0 Å². The Labute approximate surface area is 98.6 Å². The van der Waals surface area contributed by atoms with E-state index >= 15 is 0 Å². The van der Waals surface area contributed by atoms with E-state index in [-0.39, 0.29) is 23.9 Å². The third kappa shape index (κ3) is 4.39. The molecule has 15 heavy (non-hydrogen) atoms. The van der Waals surface area contributed by atoms with Crippen LogP contribution in [0.15, 0.2) is 0 Å². The molecular weight excluding hydrogens is 212 g/mol. The minimum absolute atomic E-state index is 0. The van der Waals surface area contributed by atoms with Crippen molar-refractivity contribution in [1.29, 1.82) is 0 Å². The Morgan fingerprint density at radius 3 is 2.73 bits per heavy atom. The van der Waals surface area contributed by atoms with E-state index < -0.39 is 0 Å². The molecule has 0 aromatic heterocycles. The van der Waals surface area contributed by atoms with Crippen molar-refractivity contribution in [3.63, 3.8) is 0 Å². The number of carbonyl (C=O) groups is 1. The molecule has 1 fully saturated rings. The van der Waals surface area contributed by atoms with Crippen LogP contribution in [-0.2, 0) is 4.79 Å². The van der Waals surface area contributed by atoms with Crippen molar-refractivity contribution >= 4 is 18.3 Å². The predicted molar refractivity (Wildman–Crippen MR) is 65.1 cm³/mol. The van der Waals surface area contributed by atoms with Gasteiger partial charge in [0.1, 0.15) is 0 Å². The van der Waals surface area contributed by atoms with E-state index in [9.17, 15) is 4.79 Å². The van der Waals surface area contributed by atoms with Crippen LogP contribution in [0.3, 0.4) is 0 Å². The van der Waals surface area contributed by atoms with Crippen LogP contribution >= 0.6 is 12.4 Å². The zero-order valence-corrected chi connectivity index (χ0v) is 10.5. The Hall–Kier alpha value is -0.280. The summed E-state index contributed by atoms with van der Waals surface area (Å²) >= 11 is 0. The highest BCUT2D eigenvalue weighted by molar-refractivity contribution is 5.85. The molecule has 2 unspecified atom stereocenters. The lowest BCUT2D eigenvalue weighted by Gasteiger charge is -2.39. The van der Waals surface area contributed by atoms with E-state index in [2.05, 4.69) is 12.2 Å². The Balaban J connectivity index is 0.00000196. The first kappa shape index (κ1) is 14.7. The molecule has 1 saturated carbocycles. The van der Waals surface area contributed by atoms with Crippen molar-refractivity contribution in [1.82, 2.24) is 5.32 Å². The molecule has 4 heteroatoms. The molecule has 1 aliphatic carbocycles. The Kier molecular flexibility index (Phi) is 6.22. The van der Waals surface area contributed by atoms with E-state index in [0.717, 1.165) is 19.4 Å². The molecule has 2 atom stereocenters. The quantitative estimate of drug-likeness (QED) is 0.783. The largest absolute Gasteiger partial charge is 0.356 e. The minimum Gasteiger partial charge on any atom is -0.356 e. The van der Waals surface area contributed by atoms with Crippen LogP contribution in [0.4, 0.5) is 0 Å². The summed E-state index contributed by atoms with van der Waals surface area (Å²) < 4.78 is 0. The van der Waals surface area contributed by atoms with E-state index in [1.54, 1.807) is 6.92 Å². The number of nitrogens with one attached hydrogen (secondary N) is 1. The normalized spacial score (nSPS) is 30.5. The van der Waals surface area contributed by atoms with Crippen LogP contribution in [0.5, 0.6) is 0 Å². The van der Waals surface area contributed by atoms with Crippen molar-refractivity contribution < 1.29 is 4.79 Å². The maximum atomic E-state index is 10.7. The SMILES string of the molecule is CC(=O)NCCC1(N)CCCCC1C.Cl. The van der Waals surface area contributed by atoms with Crippen molar-refractivity contribution in [2.45, 2.75) is 51.5 Å². The molecule has 0 spiro atoms. The zero-order valence-electron chi connectivity index (χ0n) is 9.71. The molecule has 1 amide bonds. The van der Waals surface area contributed by atoms with Gasteiger partial charge >= 0.3 is 0 Å². The average Bonchev–Trinajstić information content (AvgIpc) is 2.10. The molecule has 0 saturated heterocycles. The fourth-order valence-electron chi connectivity index (χ4n) is 2.28. The van der Waals surface area contributed by atoms with Crippen molar-refractivity contribution in [2.24, 2.45) is 11.7 Å². The predicted octanol–water partition coefficient (Wildman–Crippen LogP) is 1.84. The minimum atomic E-state index is -0.0410. The molecule has 0 aliphatic heterocycles. The number of hydrogen-bond acceptors (Lipinski definition) is 2. The highest BCUT2D eigenvalue weighted by Crippen LogP contribution is 2.33. The van der Waals surface area contributed by atoms with Gasteiger partial charge in [-0.1, -0.05) is 19.8 Å². The van der Waals surface area contributed by atoms with Crippen molar-refractivity contribution in [2.75, 3.05) is 6.54 Å². The Bertz CT molecular complexity index is 211. The molecule has 0 aromatic carbocycles. The number of amides is 1. The summed E-state index contributed by atoms with van der Waals surface area (Å²) in [6, 6.07) is 0. The molecule has 90 valence electrons. The van der Waals surface area contributed by atoms with Gasteiger partial charge in [0.25, 0.3) is 0 Å². The standard InChI is InChI=1S/C11H22N2O.ClH/c1-9-5-3-4-6-11(9,12)7-8-13-10(2)14;/h9H,3-8,12H2,1-2H3,(H,13,14);1H. The third-order valence-corrected chi connectivity index (χ3v) is 3.48.